The van der Waals surface area contributed by atoms with Crippen LogP contribution in [0.25, 0.3) is 78.1 Å². The lowest BCUT2D eigenvalue weighted by Gasteiger charge is -2.28. The fraction of sp³-hybridized carbons (Fsp3) is 0.0385. The van der Waals surface area contributed by atoms with Gasteiger partial charge in [-0.25, -0.2) is 9.97 Å². The minimum atomic E-state index is -0.260. The Labute approximate surface area is 316 Å². The number of aromatic nitrogens is 2. The SMILES string of the molecule is CC1(c2ccccc2)c2ccccc2-c2c(-c3ccc(-c4cc(-c5ccc(-c6ccccc6)cc5)nc(-c5ccccc5)n4)c4ccccc34)cccc21. The van der Waals surface area contributed by atoms with Crippen molar-refractivity contribution in [1.29, 1.82) is 0 Å². The zero-order valence-corrected chi connectivity index (χ0v) is 29.9. The lowest BCUT2D eigenvalue weighted by atomic mass is 9.74. The summed E-state index contributed by atoms with van der Waals surface area (Å²) in [6.07, 6.45) is 0. The first kappa shape index (κ1) is 31.8. The number of benzene rings is 8. The fourth-order valence-electron chi connectivity index (χ4n) is 8.52. The standard InChI is InChI=1S/C52H36N2/c1-52(39-20-9-4-10-21-39)46-26-14-13-24-45(46)50-44(25-15-27-47(50)52)42-32-33-43(41-23-12-11-22-40(41)42)49-34-48(53-51(54-49)38-18-7-3-8-19-38)37-30-28-36(29-31-37)35-16-5-2-6-17-35/h2-34H,1H3. The van der Waals surface area contributed by atoms with E-state index in [2.05, 4.69) is 189 Å². The molecule has 0 fully saturated rings. The zero-order valence-electron chi connectivity index (χ0n) is 29.9. The topological polar surface area (TPSA) is 25.8 Å². The molecule has 0 spiro atoms. The number of fused-ring (bicyclic) bond motifs is 4. The van der Waals surface area contributed by atoms with Crippen molar-refractivity contribution in [3.63, 3.8) is 0 Å². The average Bonchev–Trinajstić information content (AvgIpc) is 3.53. The van der Waals surface area contributed by atoms with Crippen molar-refractivity contribution in [3.05, 3.63) is 217 Å². The second-order valence-electron chi connectivity index (χ2n) is 14.2. The molecule has 1 aliphatic carbocycles. The molecular weight excluding hydrogens is 653 g/mol. The summed E-state index contributed by atoms with van der Waals surface area (Å²) in [5, 5.41) is 2.36. The van der Waals surface area contributed by atoms with Gasteiger partial charge >= 0.3 is 0 Å². The van der Waals surface area contributed by atoms with E-state index in [0.717, 1.165) is 33.5 Å². The molecule has 0 bridgehead atoms. The van der Waals surface area contributed by atoms with E-state index >= 15 is 0 Å². The van der Waals surface area contributed by atoms with Crippen molar-refractivity contribution >= 4 is 10.8 Å². The summed E-state index contributed by atoms with van der Waals surface area (Å²) in [6, 6.07) is 71.7. The molecule has 1 aromatic heterocycles. The Morgan fingerprint density at radius 1 is 0.352 bits per heavy atom. The van der Waals surface area contributed by atoms with Gasteiger partial charge in [-0.15, -0.1) is 0 Å². The van der Waals surface area contributed by atoms with Crippen LogP contribution in [0.3, 0.4) is 0 Å². The first-order chi connectivity index (χ1) is 26.7. The van der Waals surface area contributed by atoms with Gasteiger partial charge in [0, 0.05) is 22.1 Å². The smallest absolute Gasteiger partial charge is 0.160 e. The average molecular weight is 689 g/mol. The quantitative estimate of drug-likeness (QED) is 0.174. The third kappa shape index (κ3) is 5.18. The molecule has 1 atom stereocenters. The van der Waals surface area contributed by atoms with Gasteiger partial charge < -0.3 is 0 Å². The predicted octanol–water partition coefficient (Wildman–Crippen LogP) is 13.3. The molecule has 1 aliphatic rings. The van der Waals surface area contributed by atoms with Crippen LogP contribution in [0.5, 0.6) is 0 Å². The van der Waals surface area contributed by atoms with Gasteiger partial charge in [-0.05, 0) is 73.8 Å². The zero-order chi connectivity index (χ0) is 36.1. The van der Waals surface area contributed by atoms with Gasteiger partial charge in [-0.3, -0.25) is 0 Å². The molecular formula is C52H36N2. The Kier molecular flexibility index (Phi) is 7.63. The van der Waals surface area contributed by atoms with E-state index in [9.17, 15) is 0 Å². The number of nitrogens with zero attached hydrogens (tertiary/aromatic N) is 2. The number of rotatable bonds is 6. The van der Waals surface area contributed by atoms with Crippen LogP contribution in [0.4, 0.5) is 0 Å². The normalized spacial score (nSPS) is 14.5. The highest BCUT2D eigenvalue weighted by atomic mass is 14.9. The summed E-state index contributed by atoms with van der Waals surface area (Å²) >= 11 is 0. The van der Waals surface area contributed by atoms with Crippen molar-refractivity contribution in [3.8, 4) is 67.3 Å². The third-order valence-corrected chi connectivity index (χ3v) is 11.2. The van der Waals surface area contributed by atoms with E-state index in [4.69, 9.17) is 9.97 Å². The van der Waals surface area contributed by atoms with Crippen LogP contribution in [0.1, 0.15) is 23.6 Å². The van der Waals surface area contributed by atoms with Crippen molar-refractivity contribution in [2.24, 2.45) is 0 Å². The fourth-order valence-corrected chi connectivity index (χ4v) is 8.52. The molecule has 0 aliphatic heterocycles. The molecule has 2 heteroatoms. The van der Waals surface area contributed by atoms with Gasteiger partial charge in [-0.2, -0.15) is 0 Å². The van der Waals surface area contributed by atoms with E-state index in [1.807, 2.05) is 18.2 Å². The van der Waals surface area contributed by atoms with Gasteiger partial charge in [0.05, 0.1) is 11.4 Å². The Bertz CT molecular complexity index is 2810. The Balaban J connectivity index is 1.15. The largest absolute Gasteiger partial charge is 0.228 e. The van der Waals surface area contributed by atoms with Crippen LogP contribution in [-0.4, -0.2) is 9.97 Å². The summed E-state index contributed by atoms with van der Waals surface area (Å²) < 4.78 is 0. The van der Waals surface area contributed by atoms with Gasteiger partial charge in [0.1, 0.15) is 0 Å². The first-order valence-electron chi connectivity index (χ1n) is 18.6. The Morgan fingerprint density at radius 3 is 1.61 bits per heavy atom. The van der Waals surface area contributed by atoms with Crippen molar-refractivity contribution in [2.75, 3.05) is 0 Å². The van der Waals surface area contributed by atoms with Crippen LogP contribution in [-0.2, 0) is 5.41 Å². The molecule has 0 amide bonds. The minimum Gasteiger partial charge on any atom is -0.228 e. The summed E-state index contributed by atoms with van der Waals surface area (Å²) in [7, 11) is 0. The maximum Gasteiger partial charge on any atom is 0.160 e. The highest BCUT2D eigenvalue weighted by molar-refractivity contribution is 6.08. The van der Waals surface area contributed by atoms with Gasteiger partial charge in [0.25, 0.3) is 0 Å². The predicted molar refractivity (Wildman–Crippen MR) is 224 cm³/mol. The molecule has 1 unspecified atom stereocenters. The molecule has 54 heavy (non-hydrogen) atoms. The molecule has 1 heterocycles. The van der Waals surface area contributed by atoms with E-state index in [0.29, 0.717) is 5.82 Å². The van der Waals surface area contributed by atoms with E-state index in [1.54, 1.807) is 0 Å². The van der Waals surface area contributed by atoms with Crippen molar-refractivity contribution in [2.45, 2.75) is 12.3 Å². The Hall–Kier alpha value is -6.90. The summed E-state index contributed by atoms with van der Waals surface area (Å²) in [6.45, 7) is 2.38. The minimum absolute atomic E-state index is 0.260. The Morgan fingerprint density at radius 2 is 0.870 bits per heavy atom. The molecule has 0 radical (unpaired) electrons. The van der Waals surface area contributed by atoms with Crippen molar-refractivity contribution < 1.29 is 0 Å². The second kappa shape index (κ2) is 12.9. The molecule has 8 aromatic carbocycles. The summed E-state index contributed by atoms with van der Waals surface area (Å²) in [4.78, 5) is 10.4. The highest BCUT2D eigenvalue weighted by Crippen LogP contribution is 2.55. The van der Waals surface area contributed by atoms with E-state index < -0.39 is 0 Å². The molecule has 9 aromatic rings. The van der Waals surface area contributed by atoms with Gasteiger partial charge in [0.15, 0.2) is 5.82 Å². The van der Waals surface area contributed by atoms with Crippen LogP contribution in [0.2, 0.25) is 0 Å². The third-order valence-electron chi connectivity index (χ3n) is 11.2. The molecule has 254 valence electrons. The maximum atomic E-state index is 5.25. The van der Waals surface area contributed by atoms with Gasteiger partial charge in [-0.1, -0.05) is 194 Å². The highest BCUT2D eigenvalue weighted by Gasteiger charge is 2.41. The molecule has 0 saturated carbocycles. The van der Waals surface area contributed by atoms with Crippen molar-refractivity contribution in [1.82, 2.24) is 9.97 Å². The molecule has 0 saturated heterocycles. The van der Waals surface area contributed by atoms with Crippen LogP contribution < -0.4 is 0 Å². The monoisotopic (exact) mass is 688 g/mol. The second-order valence-corrected chi connectivity index (χ2v) is 14.2. The van der Waals surface area contributed by atoms with E-state index in [-0.39, 0.29) is 5.41 Å². The summed E-state index contributed by atoms with van der Waals surface area (Å²) in [5.74, 6) is 0.709. The number of hydrogen-bond donors (Lipinski definition) is 0. The molecule has 0 N–H and O–H groups in total. The van der Waals surface area contributed by atoms with Gasteiger partial charge in [0.2, 0.25) is 0 Å². The maximum absolute atomic E-state index is 5.25. The first-order valence-corrected chi connectivity index (χ1v) is 18.6. The van der Waals surface area contributed by atoms with Crippen LogP contribution in [0.15, 0.2) is 200 Å². The summed E-state index contributed by atoms with van der Waals surface area (Å²) in [5.41, 5.74) is 16.1. The molecule has 10 rings (SSSR count). The van der Waals surface area contributed by atoms with Crippen LogP contribution in [0, 0.1) is 0 Å². The molecule has 2 nitrogen and oxygen atoms in total. The number of hydrogen-bond acceptors (Lipinski definition) is 2. The lowest BCUT2D eigenvalue weighted by Crippen LogP contribution is -2.22. The van der Waals surface area contributed by atoms with Crippen LogP contribution >= 0.6 is 0 Å². The van der Waals surface area contributed by atoms with E-state index in [1.165, 1.54) is 55.5 Å². The lowest BCUT2D eigenvalue weighted by molar-refractivity contribution is 0.714.